The summed E-state index contributed by atoms with van der Waals surface area (Å²) < 4.78 is 45.3. The van der Waals surface area contributed by atoms with Gasteiger partial charge < -0.3 is 14.8 Å². The van der Waals surface area contributed by atoms with Gasteiger partial charge in [-0.15, -0.1) is 13.2 Å². The third-order valence-electron chi connectivity index (χ3n) is 3.25. The zero-order chi connectivity index (χ0) is 14.4. The quantitative estimate of drug-likeness (QED) is 0.901. The Bertz CT molecular complexity index is 400. The third-order valence-corrected chi connectivity index (χ3v) is 3.25. The van der Waals surface area contributed by atoms with Crippen LogP contribution in [0.1, 0.15) is 19.3 Å². The van der Waals surface area contributed by atoms with E-state index in [0.29, 0.717) is 18.3 Å². The first kappa shape index (κ1) is 15.0. The molecule has 1 saturated heterocycles. The molecule has 1 atom stereocenters. The average molecular weight is 289 g/mol. The number of halogens is 3. The average Bonchev–Trinajstić information content (AvgIpc) is 2.40. The summed E-state index contributed by atoms with van der Waals surface area (Å²) in [6, 6.07) is 5.48. The highest BCUT2D eigenvalue weighted by Gasteiger charge is 2.30. The lowest BCUT2D eigenvalue weighted by Crippen LogP contribution is -2.30. The van der Waals surface area contributed by atoms with Gasteiger partial charge in [-0.1, -0.05) is 0 Å². The van der Waals surface area contributed by atoms with Gasteiger partial charge in [0.05, 0.1) is 6.61 Å². The first-order valence-electron chi connectivity index (χ1n) is 6.72. The molecule has 112 valence electrons. The monoisotopic (exact) mass is 289 g/mol. The Kier molecular flexibility index (Phi) is 5.11. The Morgan fingerprint density at radius 2 is 1.85 bits per heavy atom. The van der Waals surface area contributed by atoms with E-state index in [2.05, 4.69) is 10.1 Å². The minimum atomic E-state index is -4.66. The fourth-order valence-corrected chi connectivity index (χ4v) is 2.25. The van der Waals surface area contributed by atoms with E-state index in [1.54, 1.807) is 0 Å². The predicted molar refractivity (Wildman–Crippen MR) is 68.8 cm³/mol. The van der Waals surface area contributed by atoms with Crippen molar-refractivity contribution < 1.29 is 22.6 Å². The summed E-state index contributed by atoms with van der Waals surface area (Å²) in [5.41, 5.74) is 0. The van der Waals surface area contributed by atoms with Crippen molar-refractivity contribution in [3.8, 4) is 11.5 Å². The number of nitrogens with one attached hydrogen (secondary N) is 1. The van der Waals surface area contributed by atoms with Gasteiger partial charge in [0.1, 0.15) is 11.5 Å². The number of rotatable bonds is 5. The van der Waals surface area contributed by atoms with Gasteiger partial charge in [-0.25, -0.2) is 0 Å². The smallest absolute Gasteiger partial charge is 0.494 e. The summed E-state index contributed by atoms with van der Waals surface area (Å²) >= 11 is 0. The fourth-order valence-electron chi connectivity index (χ4n) is 2.25. The molecule has 0 amide bonds. The van der Waals surface area contributed by atoms with Crippen LogP contribution in [0.5, 0.6) is 11.5 Å². The second-order valence-corrected chi connectivity index (χ2v) is 4.87. The normalized spacial score (nSPS) is 19.6. The van der Waals surface area contributed by atoms with Crippen molar-refractivity contribution in [3.05, 3.63) is 24.3 Å². The van der Waals surface area contributed by atoms with Crippen LogP contribution in [-0.2, 0) is 0 Å². The number of ether oxygens (including phenoxy) is 2. The van der Waals surface area contributed by atoms with Crippen molar-refractivity contribution in [3.63, 3.8) is 0 Å². The lowest BCUT2D eigenvalue weighted by atomic mass is 9.97. The minimum Gasteiger partial charge on any atom is -0.494 e. The van der Waals surface area contributed by atoms with Crippen molar-refractivity contribution >= 4 is 0 Å². The topological polar surface area (TPSA) is 30.5 Å². The highest BCUT2D eigenvalue weighted by molar-refractivity contribution is 5.31. The van der Waals surface area contributed by atoms with Crippen LogP contribution in [-0.4, -0.2) is 26.1 Å². The molecule has 1 aromatic rings. The van der Waals surface area contributed by atoms with Gasteiger partial charge in [-0.3, -0.25) is 0 Å². The van der Waals surface area contributed by atoms with E-state index in [1.807, 2.05) is 0 Å². The Morgan fingerprint density at radius 1 is 1.15 bits per heavy atom. The molecule has 1 heterocycles. The fraction of sp³-hybridized carbons (Fsp3) is 0.571. The number of benzene rings is 1. The van der Waals surface area contributed by atoms with Crippen LogP contribution in [0, 0.1) is 5.92 Å². The molecule has 1 aromatic carbocycles. The van der Waals surface area contributed by atoms with Crippen molar-refractivity contribution in [2.45, 2.75) is 25.6 Å². The van der Waals surface area contributed by atoms with Crippen molar-refractivity contribution in [1.29, 1.82) is 0 Å². The lowest BCUT2D eigenvalue weighted by molar-refractivity contribution is -0.274. The molecule has 0 bridgehead atoms. The number of alkyl halides is 3. The molecule has 0 aromatic heterocycles. The molecule has 0 radical (unpaired) electrons. The maximum atomic E-state index is 12.0. The van der Waals surface area contributed by atoms with Gasteiger partial charge in [0.25, 0.3) is 0 Å². The zero-order valence-electron chi connectivity index (χ0n) is 11.1. The molecule has 20 heavy (non-hydrogen) atoms. The van der Waals surface area contributed by atoms with E-state index in [9.17, 15) is 13.2 Å². The van der Waals surface area contributed by atoms with Crippen molar-refractivity contribution in [2.24, 2.45) is 5.92 Å². The van der Waals surface area contributed by atoms with E-state index in [0.717, 1.165) is 19.5 Å². The first-order chi connectivity index (χ1) is 9.53. The summed E-state index contributed by atoms with van der Waals surface area (Å²) in [6.45, 7) is 2.67. The maximum Gasteiger partial charge on any atom is 0.573 e. The second-order valence-electron chi connectivity index (χ2n) is 4.87. The molecule has 0 aliphatic carbocycles. The van der Waals surface area contributed by atoms with Crippen LogP contribution in [0.2, 0.25) is 0 Å². The Labute approximate surface area is 116 Å². The van der Waals surface area contributed by atoms with Crippen LogP contribution in [0.15, 0.2) is 24.3 Å². The van der Waals surface area contributed by atoms with Crippen molar-refractivity contribution in [1.82, 2.24) is 5.32 Å². The summed E-state index contributed by atoms with van der Waals surface area (Å²) in [7, 11) is 0. The standard InChI is InChI=1S/C14H18F3NO2/c15-14(16,17)20-13-5-3-12(4-6-13)19-9-7-11-2-1-8-18-10-11/h3-6,11,18H,1-2,7-10H2. The summed E-state index contributed by atoms with van der Waals surface area (Å²) in [5.74, 6) is 0.946. The number of hydrogen-bond acceptors (Lipinski definition) is 3. The van der Waals surface area contributed by atoms with E-state index >= 15 is 0 Å². The van der Waals surface area contributed by atoms with Crippen molar-refractivity contribution in [2.75, 3.05) is 19.7 Å². The summed E-state index contributed by atoms with van der Waals surface area (Å²) in [6.07, 6.45) is -1.31. The number of hydrogen-bond donors (Lipinski definition) is 1. The molecule has 2 rings (SSSR count). The van der Waals surface area contributed by atoms with Gasteiger partial charge in [0, 0.05) is 0 Å². The van der Waals surface area contributed by atoms with Crippen LogP contribution < -0.4 is 14.8 Å². The Hall–Kier alpha value is -1.43. The highest BCUT2D eigenvalue weighted by Crippen LogP contribution is 2.25. The molecule has 0 spiro atoms. The van der Waals surface area contributed by atoms with Gasteiger partial charge >= 0.3 is 6.36 Å². The minimum absolute atomic E-state index is 0.235. The lowest BCUT2D eigenvalue weighted by Gasteiger charge is -2.22. The molecule has 1 unspecified atom stereocenters. The van der Waals surface area contributed by atoms with E-state index < -0.39 is 6.36 Å². The summed E-state index contributed by atoms with van der Waals surface area (Å²) in [4.78, 5) is 0. The highest BCUT2D eigenvalue weighted by atomic mass is 19.4. The zero-order valence-corrected chi connectivity index (χ0v) is 11.1. The van der Waals surface area contributed by atoms with E-state index in [1.165, 1.54) is 37.1 Å². The van der Waals surface area contributed by atoms with Gasteiger partial charge in [-0.2, -0.15) is 0 Å². The molecular weight excluding hydrogens is 271 g/mol. The molecule has 1 aliphatic heterocycles. The SMILES string of the molecule is FC(F)(F)Oc1ccc(OCCC2CCCNC2)cc1. The molecule has 0 saturated carbocycles. The van der Waals surface area contributed by atoms with Gasteiger partial charge in [-0.05, 0) is 62.5 Å². The third kappa shape index (κ3) is 5.28. The van der Waals surface area contributed by atoms with Crippen LogP contribution in [0.4, 0.5) is 13.2 Å². The Morgan fingerprint density at radius 3 is 2.45 bits per heavy atom. The molecule has 1 aliphatic rings. The molecule has 1 N–H and O–H groups in total. The predicted octanol–water partition coefficient (Wildman–Crippen LogP) is 3.35. The Balaban J connectivity index is 1.73. The molecular formula is C14H18F3NO2. The largest absolute Gasteiger partial charge is 0.573 e. The number of piperidine rings is 1. The van der Waals surface area contributed by atoms with Crippen LogP contribution >= 0.6 is 0 Å². The van der Waals surface area contributed by atoms with Gasteiger partial charge in [0.15, 0.2) is 0 Å². The molecule has 6 heteroatoms. The van der Waals surface area contributed by atoms with E-state index in [4.69, 9.17) is 4.74 Å². The second kappa shape index (κ2) is 6.83. The molecule has 1 fully saturated rings. The maximum absolute atomic E-state index is 12.0. The van der Waals surface area contributed by atoms with Crippen LogP contribution in [0.3, 0.4) is 0 Å². The summed E-state index contributed by atoms with van der Waals surface area (Å²) in [5, 5.41) is 3.33. The molecule has 3 nitrogen and oxygen atoms in total. The van der Waals surface area contributed by atoms with Gasteiger partial charge in [0.2, 0.25) is 0 Å². The first-order valence-corrected chi connectivity index (χ1v) is 6.72. The van der Waals surface area contributed by atoms with E-state index in [-0.39, 0.29) is 5.75 Å². The van der Waals surface area contributed by atoms with Crippen LogP contribution in [0.25, 0.3) is 0 Å².